The van der Waals surface area contributed by atoms with Crippen LogP contribution in [0.3, 0.4) is 0 Å². The van der Waals surface area contributed by atoms with Crippen molar-refractivity contribution in [2.24, 2.45) is 11.3 Å². The molecule has 0 aromatic carbocycles. The fourth-order valence-electron chi connectivity index (χ4n) is 4.22. The molecule has 3 heterocycles. The molecule has 1 saturated carbocycles. The summed E-state index contributed by atoms with van der Waals surface area (Å²) in [5.74, 6) is 0.529. The molecule has 1 amide bonds. The fraction of sp³-hybridized carbons (Fsp3) is 0.556. The minimum absolute atomic E-state index is 0.00583. The van der Waals surface area contributed by atoms with Crippen LogP contribution in [-0.4, -0.2) is 45.5 Å². The van der Waals surface area contributed by atoms with E-state index in [9.17, 15) is 4.79 Å². The minimum Gasteiger partial charge on any atom is -0.374 e. The lowest BCUT2D eigenvalue weighted by Crippen LogP contribution is -2.35. The van der Waals surface area contributed by atoms with Crippen LogP contribution in [0, 0.1) is 18.3 Å². The molecule has 6 nitrogen and oxygen atoms in total. The number of ether oxygens (including phenoxy) is 1. The number of hydrogen-bond donors (Lipinski definition) is 0. The van der Waals surface area contributed by atoms with Crippen LogP contribution in [-0.2, 0) is 11.3 Å². The molecule has 2 fully saturated rings. The Labute approximate surface area is 151 Å². The Hall–Kier alpha value is -1.86. The van der Waals surface area contributed by atoms with Gasteiger partial charge >= 0.3 is 0 Å². The lowest BCUT2D eigenvalue weighted by molar-refractivity contribution is 0.0253. The molecule has 2 aromatic heterocycles. The monoisotopic (exact) mass is 358 g/mol. The van der Waals surface area contributed by atoms with Crippen LogP contribution < -0.4 is 0 Å². The summed E-state index contributed by atoms with van der Waals surface area (Å²) in [5.41, 5.74) is 1.57. The van der Waals surface area contributed by atoms with E-state index < -0.39 is 0 Å². The van der Waals surface area contributed by atoms with Crippen molar-refractivity contribution in [3.05, 3.63) is 40.4 Å². The highest BCUT2D eigenvalue weighted by molar-refractivity contribution is 7.09. The van der Waals surface area contributed by atoms with Crippen LogP contribution in [0.4, 0.5) is 0 Å². The van der Waals surface area contributed by atoms with Gasteiger partial charge in [0, 0.05) is 30.1 Å². The number of carbonyl (C=O) groups is 1. The van der Waals surface area contributed by atoms with Gasteiger partial charge in [-0.2, -0.15) is 0 Å². The lowest BCUT2D eigenvalue weighted by atomic mass is 9.81. The van der Waals surface area contributed by atoms with E-state index in [2.05, 4.69) is 20.3 Å². The van der Waals surface area contributed by atoms with E-state index in [0.717, 1.165) is 30.2 Å². The summed E-state index contributed by atoms with van der Waals surface area (Å²) in [4.78, 5) is 27.1. The van der Waals surface area contributed by atoms with Crippen molar-refractivity contribution in [3.63, 3.8) is 0 Å². The zero-order valence-corrected chi connectivity index (χ0v) is 15.2. The lowest BCUT2D eigenvalue weighted by Gasteiger charge is -2.28. The number of aromatic nitrogens is 3. The molecule has 4 rings (SSSR count). The van der Waals surface area contributed by atoms with Gasteiger partial charge in [0.05, 0.1) is 23.9 Å². The Morgan fingerprint density at radius 1 is 1.52 bits per heavy atom. The van der Waals surface area contributed by atoms with Crippen molar-refractivity contribution in [3.8, 4) is 0 Å². The van der Waals surface area contributed by atoms with Gasteiger partial charge in [0.25, 0.3) is 5.91 Å². The molecule has 2 aromatic rings. The summed E-state index contributed by atoms with van der Waals surface area (Å²) in [7, 11) is 0. The number of carbonyl (C=O) groups excluding carboxylic acids is 1. The van der Waals surface area contributed by atoms with E-state index in [1.165, 1.54) is 19.2 Å². The Balaban J connectivity index is 1.41. The second kappa shape index (κ2) is 6.80. The maximum Gasteiger partial charge on any atom is 0.272 e. The van der Waals surface area contributed by atoms with Gasteiger partial charge in [0.15, 0.2) is 0 Å². The largest absolute Gasteiger partial charge is 0.374 e. The number of aryl methyl sites for hydroxylation is 1. The van der Waals surface area contributed by atoms with Crippen LogP contribution in [0.15, 0.2) is 24.0 Å². The minimum atomic E-state index is 0.00583. The highest BCUT2D eigenvalue weighted by Gasteiger charge is 2.50. The Morgan fingerprint density at radius 2 is 2.44 bits per heavy atom. The van der Waals surface area contributed by atoms with Crippen molar-refractivity contribution in [2.45, 2.75) is 32.8 Å². The number of nitrogens with zero attached hydrogens (tertiary/aromatic N) is 4. The summed E-state index contributed by atoms with van der Waals surface area (Å²) >= 11 is 1.65. The first-order chi connectivity index (χ1) is 12.2. The van der Waals surface area contributed by atoms with Crippen LogP contribution >= 0.6 is 11.3 Å². The zero-order chi connectivity index (χ0) is 17.3. The number of fused-ring (bicyclic) bond motifs is 1. The molecule has 0 unspecified atom stereocenters. The van der Waals surface area contributed by atoms with Crippen LogP contribution in [0.1, 0.15) is 40.5 Å². The van der Waals surface area contributed by atoms with Crippen molar-refractivity contribution >= 4 is 17.2 Å². The molecule has 1 aliphatic heterocycles. The quantitative estimate of drug-likeness (QED) is 0.822. The molecule has 132 valence electrons. The molecule has 25 heavy (non-hydrogen) atoms. The van der Waals surface area contributed by atoms with Crippen molar-refractivity contribution in [2.75, 3.05) is 19.7 Å². The van der Waals surface area contributed by atoms with E-state index in [-0.39, 0.29) is 11.3 Å². The molecule has 0 spiro atoms. The van der Waals surface area contributed by atoms with Gasteiger partial charge in [-0.3, -0.25) is 4.79 Å². The Morgan fingerprint density at radius 3 is 3.20 bits per heavy atom. The summed E-state index contributed by atoms with van der Waals surface area (Å²) in [6.07, 6.45) is 6.57. The summed E-state index contributed by atoms with van der Waals surface area (Å²) < 4.78 is 6.04. The maximum absolute atomic E-state index is 12.7. The number of rotatable bonds is 5. The summed E-state index contributed by atoms with van der Waals surface area (Å²) in [6.45, 7) is 4.83. The SMILES string of the molecule is Cc1nc(COC[C@@]23CCC[C@@H]2CN(C(=O)c2ccncn2)C3)cs1. The second-order valence-corrected chi connectivity index (χ2v) is 8.14. The van der Waals surface area contributed by atoms with Gasteiger partial charge in [-0.1, -0.05) is 6.42 Å². The number of amides is 1. The first-order valence-electron chi connectivity index (χ1n) is 8.70. The average Bonchev–Trinajstić information content (AvgIpc) is 3.29. The highest BCUT2D eigenvalue weighted by Crippen LogP contribution is 2.49. The molecule has 0 radical (unpaired) electrons. The third kappa shape index (κ3) is 3.30. The molecule has 2 aliphatic rings. The number of hydrogen-bond acceptors (Lipinski definition) is 6. The molecule has 2 atom stereocenters. The first kappa shape index (κ1) is 16.6. The number of thiazole rings is 1. The standard InChI is InChI=1S/C18H22N4O2S/c1-13-21-15(9-25-13)8-24-11-18-5-2-3-14(18)7-22(10-18)17(23)16-4-6-19-12-20-16/h4,6,9,12,14H,2-3,5,7-8,10-11H2,1H3/t14-,18+/m1/s1. The smallest absolute Gasteiger partial charge is 0.272 e. The Kier molecular flexibility index (Phi) is 4.52. The topological polar surface area (TPSA) is 68.2 Å². The van der Waals surface area contributed by atoms with E-state index in [4.69, 9.17) is 4.74 Å². The third-order valence-corrected chi connectivity index (χ3v) is 6.26. The van der Waals surface area contributed by atoms with Crippen LogP contribution in [0.5, 0.6) is 0 Å². The molecule has 1 saturated heterocycles. The van der Waals surface area contributed by atoms with Crippen molar-refractivity contribution in [1.29, 1.82) is 0 Å². The molecular formula is C18H22N4O2S. The van der Waals surface area contributed by atoms with Crippen molar-refractivity contribution in [1.82, 2.24) is 19.9 Å². The first-order valence-corrected chi connectivity index (χ1v) is 9.58. The predicted octanol–water partition coefficient (Wildman–Crippen LogP) is 2.70. The third-order valence-electron chi connectivity index (χ3n) is 5.43. The highest BCUT2D eigenvalue weighted by atomic mass is 32.1. The van der Waals surface area contributed by atoms with Gasteiger partial charge in [0.2, 0.25) is 0 Å². The summed E-state index contributed by atoms with van der Waals surface area (Å²) in [6, 6.07) is 1.68. The van der Waals surface area contributed by atoms with Gasteiger partial charge < -0.3 is 9.64 Å². The second-order valence-electron chi connectivity index (χ2n) is 7.08. The number of likely N-dealkylation sites (tertiary alicyclic amines) is 1. The van der Waals surface area contributed by atoms with Crippen LogP contribution in [0.2, 0.25) is 0 Å². The van der Waals surface area contributed by atoms with Gasteiger partial charge in [-0.05, 0) is 31.7 Å². The molecule has 7 heteroatoms. The van der Waals surface area contributed by atoms with Gasteiger partial charge in [0.1, 0.15) is 12.0 Å². The van der Waals surface area contributed by atoms with Crippen LogP contribution in [0.25, 0.3) is 0 Å². The van der Waals surface area contributed by atoms with Gasteiger partial charge in [-0.25, -0.2) is 15.0 Å². The molecule has 1 aliphatic carbocycles. The van der Waals surface area contributed by atoms with Gasteiger partial charge in [-0.15, -0.1) is 11.3 Å². The molecule has 0 bridgehead atoms. The predicted molar refractivity (Wildman–Crippen MR) is 94.2 cm³/mol. The Bertz CT molecular complexity index is 751. The van der Waals surface area contributed by atoms with E-state index in [1.54, 1.807) is 23.6 Å². The van der Waals surface area contributed by atoms with E-state index in [1.807, 2.05) is 11.8 Å². The maximum atomic E-state index is 12.7. The van der Waals surface area contributed by atoms with E-state index >= 15 is 0 Å². The van der Waals surface area contributed by atoms with Crippen molar-refractivity contribution < 1.29 is 9.53 Å². The molecule has 0 N–H and O–H groups in total. The average molecular weight is 358 g/mol. The zero-order valence-electron chi connectivity index (χ0n) is 14.4. The summed E-state index contributed by atoms with van der Waals surface area (Å²) in [5, 5.41) is 3.12. The van der Waals surface area contributed by atoms with E-state index in [0.29, 0.717) is 24.8 Å². The normalized spacial score (nSPS) is 25.3. The fourth-order valence-corrected chi connectivity index (χ4v) is 4.81. The molecular weight excluding hydrogens is 336 g/mol.